The van der Waals surface area contributed by atoms with Crippen molar-refractivity contribution in [2.24, 2.45) is 0 Å². The molecule has 2 radical (unpaired) electrons. The molecule has 6 aromatic rings. The van der Waals surface area contributed by atoms with E-state index in [0.29, 0.717) is 12.8 Å². The second kappa shape index (κ2) is 18.4. The summed E-state index contributed by atoms with van der Waals surface area (Å²) in [5.74, 6) is 1.95. The van der Waals surface area contributed by atoms with Crippen LogP contribution < -0.4 is 0 Å². The number of hydrogen-bond acceptors (Lipinski definition) is 6. The van der Waals surface area contributed by atoms with Crippen LogP contribution in [0.15, 0.2) is 109 Å². The van der Waals surface area contributed by atoms with Crippen molar-refractivity contribution in [2.75, 3.05) is 13.1 Å². The minimum Gasteiger partial charge on any atom is -0.341 e. The molecule has 0 bridgehead atoms. The molecule has 8 rings (SSSR count). The molecule has 8 heteroatoms. The van der Waals surface area contributed by atoms with Gasteiger partial charge in [-0.2, -0.15) is 0 Å². The molecule has 0 unspecified atom stereocenters. The average Bonchev–Trinajstić information content (AvgIpc) is 4.11. The third-order valence-corrected chi connectivity index (χ3v) is 12.8. The number of aromatic amines is 2. The van der Waals surface area contributed by atoms with E-state index in [4.69, 9.17) is 9.97 Å². The fourth-order valence-corrected chi connectivity index (χ4v) is 9.51. The number of carbonyl (C=O) groups excluding carboxylic acids is 2. The first-order valence-corrected chi connectivity index (χ1v) is 21.1. The third-order valence-electron chi connectivity index (χ3n) is 12.8. The van der Waals surface area contributed by atoms with Crippen LogP contribution in [0.25, 0.3) is 33.6 Å². The maximum atomic E-state index is 11.6. The van der Waals surface area contributed by atoms with Crippen LogP contribution in [-0.4, -0.2) is 67.5 Å². The Kier molecular flexibility index (Phi) is 12.5. The molecule has 2 N–H and O–H groups in total. The molecular weight excluding hydrogens is 717 g/mol. The standard InChI is InChI=1S/C50H54N6O2/c1-35-36(2)44(46-34-52-50(54-46)48-16-10-30-56(48)42(28-32-58)24-18-38-13-7-4-8-14-38)26-25-43(35)39-19-21-40(22-20-39)45-33-51-49(53-45)47-15-9-29-55(47)41(27-31-57)23-17-37-11-5-3-6-12-37/h3-8,11-14,19-22,25-26,33-34,41-42,47-48H,9-10,15-18,23-24,27-30H2,1-2H3,(H,51,53)(H,52,54)/t41-,42-,47+,48+/m1/s1. The van der Waals surface area contributed by atoms with E-state index in [1.807, 2.05) is 24.5 Å². The summed E-state index contributed by atoms with van der Waals surface area (Å²) in [6, 6.07) is 34.8. The van der Waals surface area contributed by atoms with Crippen molar-refractivity contribution in [3.63, 3.8) is 0 Å². The first-order valence-electron chi connectivity index (χ1n) is 21.1. The molecule has 0 saturated carbocycles. The van der Waals surface area contributed by atoms with Gasteiger partial charge in [0.15, 0.2) is 12.6 Å². The zero-order valence-corrected chi connectivity index (χ0v) is 33.8. The highest BCUT2D eigenvalue weighted by Crippen LogP contribution is 2.38. The molecule has 4 aromatic carbocycles. The summed E-state index contributed by atoms with van der Waals surface area (Å²) in [6.07, 6.45) is 17.1. The van der Waals surface area contributed by atoms with E-state index in [1.54, 1.807) is 0 Å². The molecule has 2 aromatic heterocycles. The quantitative estimate of drug-likeness (QED) is 0.0959. The van der Waals surface area contributed by atoms with Crippen LogP contribution in [0.2, 0.25) is 0 Å². The van der Waals surface area contributed by atoms with E-state index in [1.165, 1.54) is 33.4 Å². The highest BCUT2D eigenvalue weighted by atomic mass is 16.1. The predicted octanol–water partition coefficient (Wildman–Crippen LogP) is 10.0. The minimum atomic E-state index is 0.141. The molecule has 0 spiro atoms. The van der Waals surface area contributed by atoms with E-state index >= 15 is 0 Å². The normalized spacial score (nSPS) is 18.4. The molecule has 2 aliphatic rings. The lowest BCUT2D eigenvalue weighted by Gasteiger charge is -2.31. The van der Waals surface area contributed by atoms with Gasteiger partial charge in [-0.25, -0.2) is 9.97 Å². The number of nitrogens with one attached hydrogen (secondary N) is 2. The summed E-state index contributed by atoms with van der Waals surface area (Å²) in [5.41, 5.74) is 11.7. The summed E-state index contributed by atoms with van der Waals surface area (Å²) in [6.45, 7) is 6.33. The van der Waals surface area contributed by atoms with Crippen LogP contribution in [0.1, 0.15) is 97.4 Å². The highest BCUT2D eigenvalue weighted by Gasteiger charge is 2.35. The molecule has 4 heterocycles. The van der Waals surface area contributed by atoms with Gasteiger partial charge in [-0.3, -0.25) is 19.4 Å². The van der Waals surface area contributed by atoms with E-state index in [0.717, 1.165) is 98.6 Å². The summed E-state index contributed by atoms with van der Waals surface area (Å²) in [7, 11) is 0. The zero-order valence-electron chi connectivity index (χ0n) is 33.8. The van der Waals surface area contributed by atoms with Crippen molar-refractivity contribution in [2.45, 2.75) is 102 Å². The summed E-state index contributed by atoms with van der Waals surface area (Å²) in [4.78, 5) is 45.4. The molecule has 296 valence electrons. The summed E-state index contributed by atoms with van der Waals surface area (Å²) in [5, 5.41) is 0. The van der Waals surface area contributed by atoms with Gasteiger partial charge in [0.2, 0.25) is 0 Å². The van der Waals surface area contributed by atoms with Crippen molar-refractivity contribution in [1.82, 2.24) is 29.7 Å². The van der Waals surface area contributed by atoms with Crippen LogP contribution in [0.4, 0.5) is 0 Å². The number of imidazole rings is 2. The molecule has 2 aliphatic heterocycles. The lowest BCUT2D eigenvalue weighted by atomic mass is 9.92. The SMILES string of the molecule is Cc1c(-c2ccc(-c3cnc([C@@H]4CCCN4[C@@H](C[C]=O)CCc4ccccc4)[nH]3)cc2)ccc(-c2cnc([C@@H]3CCCN3[C@@H](C[C]=O)CCc3ccccc3)[nH]2)c1C. The Morgan fingerprint density at radius 2 is 1.07 bits per heavy atom. The van der Waals surface area contributed by atoms with Gasteiger partial charge in [0.05, 0.1) is 35.9 Å². The minimum absolute atomic E-state index is 0.141. The smallest absolute Gasteiger partial charge is 0.200 e. The second-order valence-electron chi connectivity index (χ2n) is 16.2. The van der Waals surface area contributed by atoms with Crippen LogP contribution >= 0.6 is 0 Å². The molecular formula is C50H54N6O2. The van der Waals surface area contributed by atoms with Crippen molar-refractivity contribution in [3.05, 3.63) is 143 Å². The molecule has 0 amide bonds. The Morgan fingerprint density at radius 1 is 0.603 bits per heavy atom. The van der Waals surface area contributed by atoms with Crippen molar-refractivity contribution < 1.29 is 9.59 Å². The molecule has 2 saturated heterocycles. The fraction of sp³-hybridized carbons (Fsp3) is 0.360. The number of rotatable bonds is 17. The topological polar surface area (TPSA) is 98.0 Å². The number of aryl methyl sites for hydroxylation is 2. The number of aromatic nitrogens is 4. The average molecular weight is 771 g/mol. The molecule has 0 aliphatic carbocycles. The van der Waals surface area contributed by atoms with Gasteiger partial charge in [-0.05, 0) is 117 Å². The number of nitrogens with zero attached hydrogens (tertiary/aromatic N) is 4. The third kappa shape index (κ3) is 8.69. The number of H-pyrrole nitrogens is 2. The van der Waals surface area contributed by atoms with Crippen LogP contribution in [0, 0.1) is 13.8 Å². The Morgan fingerprint density at radius 3 is 1.60 bits per heavy atom. The lowest BCUT2D eigenvalue weighted by Crippen LogP contribution is -2.36. The van der Waals surface area contributed by atoms with E-state index in [2.05, 4.69) is 131 Å². The summed E-state index contributed by atoms with van der Waals surface area (Å²) < 4.78 is 0. The lowest BCUT2D eigenvalue weighted by molar-refractivity contribution is 0.169. The monoisotopic (exact) mass is 770 g/mol. The van der Waals surface area contributed by atoms with Crippen molar-refractivity contribution >= 4 is 12.6 Å². The number of likely N-dealkylation sites (tertiary alicyclic amines) is 2. The first-order chi connectivity index (χ1) is 28.5. The van der Waals surface area contributed by atoms with Crippen molar-refractivity contribution in [1.29, 1.82) is 0 Å². The van der Waals surface area contributed by atoms with Crippen molar-refractivity contribution in [3.8, 4) is 33.6 Å². The Balaban J connectivity index is 0.939. The number of benzene rings is 4. The van der Waals surface area contributed by atoms with Gasteiger partial charge in [0.1, 0.15) is 11.6 Å². The van der Waals surface area contributed by atoms with Gasteiger partial charge >= 0.3 is 0 Å². The molecule has 8 nitrogen and oxygen atoms in total. The predicted molar refractivity (Wildman–Crippen MR) is 232 cm³/mol. The van der Waals surface area contributed by atoms with E-state index in [9.17, 15) is 9.59 Å². The van der Waals surface area contributed by atoms with Gasteiger partial charge in [-0.1, -0.05) is 97.1 Å². The maximum Gasteiger partial charge on any atom is 0.200 e. The zero-order chi connectivity index (χ0) is 39.8. The number of hydrogen-bond donors (Lipinski definition) is 2. The maximum absolute atomic E-state index is 11.6. The summed E-state index contributed by atoms with van der Waals surface area (Å²) >= 11 is 0. The van der Waals surface area contributed by atoms with Crippen LogP contribution in [0.3, 0.4) is 0 Å². The molecule has 4 atom stereocenters. The molecule has 2 fully saturated rings. The van der Waals surface area contributed by atoms with Gasteiger partial charge in [-0.15, -0.1) is 0 Å². The van der Waals surface area contributed by atoms with E-state index in [-0.39, 0.29) is 24.2 Å². The van der Waals surface area contributed by atoms with Gasteiger partial charge < -0.3 is 9.97 Å². The highest BCUT2D eigenvalue weighted by molar-refractivity contribution is 5.77. The van der Waals surface area contributed by atoms with E-state index < -0.39 is 0 Å². The Bertz CT molecular complexity index is 2260. The van der Waals surface area contributed by atoms with Crippen LogP contribution in [0.5, 0.6) is 0 Å². The van der Waals surface area contributed by atoms with Gasteiger partial charge in [0.25, 0.3) is 0 Å². The fourth-order valence-electron chi connectivity index (χ4n) is 9.51. The second-order valence-corrected chi connectivity index (χ2v) is 16.2. The Labute approximate surface area is 343 Å². The van der Waals surface area contributed by atoms with Crippen LogP contribution in [-0.2, 0) is 22.4 Å². The Hall–Kier alpha value is -5.44. The molecule has 58 heavy (non-hydrogen) atoms. The largest absolute Gasteiger partial charge is 0.341 e. The van der Waals surface area contributed by atoms with Gasteiger partial charge in [0, 0.05) is 30.5 Å². The first kappa shape index (κ1) is 39.4.